The third kappa shape index (κ3) is 3.51. The summed E-state index contributed by atoms with van der Waals surface area (Å²) in [7, 11) is 0. The van der Waals surface area contributed by atoms with Crippen molar-refractivity contribution in [3.05, 3.63) is 45.8 Å². The van der Waals surface area contributed by atoms with Crippen molar-refractivity contribution in [1.29, 1.82) is 0 Å². The minimum absolute atomic E-state index is 0.160. The van der Waals surface area contributed by atoms with Crippen molar-refractivity contribution in [1.82, 2.24) is 10.2 Å². The first-order chi connectivity index (χ1) is 12.4. The summed E-state index contributed by atoms with van der Waals surface area (Å²) >= 11 is 2.72. The average molecular weight is 394 g/mol. The maximum absolute atomic E-state index is 12.4. The minimum atomic E-state index is -1.31. The van der Waals surface area contributed by atoms with Crippen LogP contribution in [-0.4, -0.2) is 56.0 Å². The molecule has 8 nitrogen and oxygen atoms in total. The molecule has 1 aromatic rings. The molecule has 136 valence electrons. The number of carboxylic acids is 2. The van der Waals surface area contributed by atoms with Crippen LogP contribution in [0.5, 0.6) is 0 Å². The van der Waals surface area contributed by atoms with Crippen molar-refractivity contribution in [2.75, 3.05) is 5.75 Å². The number of rotatable bonds is 6. The Kier molecular flexibility index (Phi) is 5.14. The standard InChI is InChI=1S/C16H14N2O6S2/c19-10(6-9-2-1-5-25-9)17-12-14(22)18-13(16(23)24)8(3-4-11(20)21)7-26-15(12)18/h1-5,12,15H,6-7H2,(H,17,19)(H,20,21)(H,23,24)/t12?,15-/m1/s1. The molecule has 0 aromatic carbocycles. The number of hydrogen-bond donors (Lipinski definition) is 3. The second-order valence-corrected chi connectivity index (χ2v) is 7.70. The number of hydrogen-bond acceptors (Lipinski definition) is 6. The molecule has 0 saturated carbocycles. The van der Waals surface area contributed by atoms with Crippen LogP contribution in [0.3, 0.4) is 0 Å². The molecular formula is C16H14N2O6S2. The zero-order valence-electron chi connectivity index (χ0n) is 13.2. The van der Waals surface area contributed by atoms with Crippen LogP contribution in [0.4, 0.5) is 0 Å². The average Bonchev–Trinajstić information content (AvgIpc) is 3.09. The summed E-state index contributed by atoms with van der Waals surface area (Å²) in [5, 5.41) is 22.1. The predicted octanol–water partition coefficient (Wildman–Crippen LogP) is 0.670. The molecule has 2 atom stereocenters. The molecule has 10 heteroatoms. The number of nitrogens with one attached hydrogen (secondary N) is 1. The van der Waals surface area contributed by atoms with E-state index in [1.807, 2.05) is 17.5 Å². The summed E-state index contributed by atoms with van der Waals surface area (Å²) < 4.78 is 0. The van der Waals surface area contributed by atoms with E-state index in [0.29, 0.717) is 0 Å². The Morgan fingerprint density at radius 3 is 2.73 bits per heavy atom. The van der Waals surface area contributed by atoms with Crippen molar-refractivity contribution >= 4 is 46.9 Å². The van der Waals surface area contributed by atoms with Gasteiger partial charge in [0, 0.05) is 16.7 Å². The Morgan fingerprint density at radius 2 is 2.12 bits per heavy atom. The Morgan fingerprint density at radius 1 is 1.35 bits per heavy atom. The Labute approximate surface area is 156 Å². The second kappa shape index (κ2) is 7.34. The van der Waals surface area contributed by atoms with E-state index in [-0.39, 0.29) is 29.4 Å². The number of carboxylic acid groups (broad SMARTS) is 2. The fourth-order valence-electron chi connectivity index (χ4n) is 2.74. The van der Waals surface area contributed by atoms with E-state index in [9.17, 15) is 24.3 Å². The zero-order valence-corrected chi connectivity index (χ0v) is 14.9. The molecule has 0 radical (unpaired) electrons. The molecule has 0 spiro atoms. The van der Waals surface area contributed by atoms with Gasteiger partial charge >= 0.3 is 11.9 Å². The molecule has 3 heterocycles. The van der Waals surface area contributed by atoms with E-state index < -0.39 is 29.3 Å². The summed E-state index contributed by atoms with van der Waals surface area (Å²) in [4.78, 5) is 48.7. The van der Waals surface area contributed by atoms with Gasteiger partial charge in [0.2, 0.25) is 5.91 Å². The first-order valence-electron chi connectivity index (χ1n) is 7.52. The van der Waals surface area contributed by atoms with Gasteiger partial charge in [-0.05, 0) is 23.1 Å². The van der Waals surface area contributed by atoms with E-state index in [1.54, 1.807) is 0 Å². The first-order valence-corrected chi connectivity index (χ1v) is 9.45. The molecule has 1 saturated heterocycles. The number of carbonyl (C=O) groups excluding carboxylic acids is 2. The van der Waals surface area contributed by atoms with E-state index >= 15 is 0 Å². The molecule has 1 unspecified atom stereocenters. The molecule has 3 N–H and O–H groups in total. The number of carbonyl (C=O) groups is 4. The van der Waals surface area contributed by atoms with Gasteiger partial charge in [-0.25, -0.2) is 9.59 Å². The molecule has 0 bridgehead atoms. The van der Waals surface area contributed by atoms with Crippen LogP contribution >= 0.6 is 23.1 Å². The highest BCUT2D eigenvalue weighted by molar-refractivity contribution is 8.00. The van der Waals surface area contributed by atoms with Crippen molar-refractivity contribution in [2.24, 2.45) is 0 Å². The molecule has 3 rings (SSSR count). The summed E-state index contributed by atoms with van der Waals surface area (Å²) in [6.07, 6.45) is 2.18. The van der Waals surface area contributed by atoms with E-state index in [4.69, 9.17) is 5.11 Å². The number of aliphatic carboxylic acids is 2. The maximum atomic E-state index is 12.4. The van der Waals surface area contributed by atoms with E-state index in [1.165, 1.54) is 29.2 Å². The number of amides is 2. The molecule has 2 aliphatic rings. The molecule has 1 aromatic heterocycles. The molecule has 0 aliphatic carbocycles. The first kappa shape index (κ1) is 18.2. The highest BCUT2D eigenvalue weighted by atomic mass is 32.2. The monoisotopic (exact) mass is 394 g/mol. The largest absolute Gasteiger partial charge is 0.478 e. The van der Waals surface area contributed by atoms with Crippen LogP contribution in [0.25, 0.3) is 0 Å². The van der Waals surface area contributed by atoms with Gasteiger partial charge < -0.3 is 15.5 Å². The van der Waals surface area contributed by atoms with Crippen LogP contribution in [0.15, 0.2) is 40.9 Å². The predicted molar refractivity (Wildman–Crippen MR) is 94.5 cm³/mol. The van der Waals surface area contributed by atoms with Gasteiger partial charge in [0.15, 0.2) is 0 Å². The SMILES string of the molecule is O=C(O)C=CC1=C(C(=O)O)N2C(=O)C(NC(=O)Cc3cccs3)[C@H]2SC1. The minimum Gasteiger partial charge on any atom is -0.478 e. The molecule has 2 amide bonds. The number of allylic oxidation sites excluding steroid dienone is 1. The highest BCUT2D eigenvalue weighted by Crippen LogP contribution is 2.40. The molecule has 26 heavy (non-hydrogen) atoms. The summed E-state index contributed by atoms with van der Waals surface area (Å²) in [5.74, 6) is -3.10. The zero-order chi connectivity index (χ0) is 18.8. The van der Waals surface area contributed by atoms with Gasteiger partial charge in [-0.1, -0.05) is 6.07 Å². The van der Waals surface area contributed by atoms with Gasteiger partial charge in [0.1, 0.15) is 17.1 Å². The number of fused-ring (bicyclic) bond motifs is 1. The summed E-state index contributed by atoms with van der Waals surface area (Å²) in [6.45, 7) is 0. The fourth-order valence-corrected chi connectivity index (χ4v) is 4.76. The normalized spacial score (nSPS) is 22.2. The lowest BCUT2D eigenvalue weighted by atomic mass is 10.0. The van der Waals surface area contributed by atoms with Gasteiger partial charge in [-0.15, -0.1) is 23.1 Å². The van der Waals surface area contributed by atoms with E-state index in [2.05, 4.69) is 5.32 Å². The van der Waals surface area contributed by atoms with Gasteiger partial charge in [-0.2, -0.15) is 0 Å². The summed E-state index contributed by atoms with van der Waals surface area (Å²) in [6, 6.07) is 2.86. The lowest BCUT2D eigenvalue weighted by Gasteiger charge is -2.49. The van der Waals surface area contributed by atoms with Gasteiger partial charge in [0.25, 0.3) is 5.91 Å². The Hall–Kier alpha value is -2.59. The fraction of sp³-hybridized carbons (Fsp3) is 0.250. The summed E-state index contributed by atoms with van der Waals surface area (Å²) in [5.41, 5.74) is 0.0119. The second-order valence-electron chi connectivity index (χ2n) is 5.56. The van der Waals surface area contributed by atoms with Gasteiger partial charge in [0.05, 0.1) is 6.42 Å². The van der Waals surface area contributed by atoms with Crippen LogP contribution in [0.1, 0.15) is 4.88 Å². The molecular weight excluding hydrogens is 380 g/mol. The third-order valence-electron chi connectivity index (χ3n) is 3.86. The van der Waals surface area contributed by atoms with E-state index in [0.717, 1.165) is 15.9 Å². The quantitative estimate of drug-likeness (QED) is 0.478. The van der Waals surface area contributed by atoms with Crippen molar-refractivity contribution in [3.8, 4) is 0 Å². The Balaban J connectivity index is 1.73. The van der Waals surface area contributed by atoms with Gasteiger partial charge in [-0.3, -0.25) is 14.5 Å². The van der Waals surface area contributed by atoms with Crippen molar-refractivity contribution < 1.29 is 29.4 Å². The van der Waals surface area contributed by atoms with Crippen LogP contribution in [-0.2, 0) is 25.6 Å². The smallest absolute Gasteiger partial charge is 0.352 e. The molecule has 1 fully saturated rings. The highest BCUT2D eigenvalue weighted by Gasteiger charge is 2.53. The van der Waals surface area contributed by atoms with Crippen LogP contribution in [0.2, 0.25) is 0 Å². The van der Waals surface area contributed by atoms with Crippen molar-refractivity contribution in [3.63, 3.8) is 0 Å². The number of thioether (sulfide) groups is 1. The van der Waals surface area contributed by atoms with Crippen LogP contribution in [0, 0.1) is 0 Å². The third-order valence-corrected chi connectivity index (χ3v) is 6.04. The molecule has 2 aliphatic heterocycles. The lowest BCUT2D eigenvalue weighted by molar-refractivity contribution is -0.150. The lowest BCUT2D eigenvalue weighted by Crippen LogP contribution is -2.70. The van der Waals surface area contributed by atoms with Crippen molar-refractivity contribution in [2.45, 2.75) is 17.8 Å². The topological polar surface area (TPSA) is 124 Å². The number of thiophene rings is 1. The Bertz CT molecular complexity index is 830. The number of β-lactam (4-membered cyclic amide) rings is 1. The number of nitrogens with zero attached hydrogens (tertiary/aromatic N) is 1. The van der Waals surface area contributed by atoms with Crippen LogP contribution < -0.4 is 5.32 Å². The maximum Gasteiger partial charge on any atom is 0.352 e.